The summed E-state index contributed by atoms with van der Waals surface area (Å²) in [6.07, 6.45) is -4.17. The number of amides is 2. The average Bonchev–Trinajstić information content (AvgIpc) is 2.56. The van der Waals surface area contributed by atoms with E-state index < -0.39 is 35.7 Å². The zero-order valence-corrected chi connectivity index (χ0v) is 13.6. The first-order valence-electron chi connectivity index (χ1n) is 7.60. The van der Waals surface area contributed by atoms with Gasteiger partial charge in [-0.05, 0) is 18.2 Å². The molecule has 1 heterocycles. The molecule has 0 unspecified atom stereocenters. The van der Waals surface area contributed by atoms with Gasteiger partial charge in [0.05, 0.1) is 5.56 Å². The van der Waals surface area contributed by atoms with Crippen LogP contribution in [0.2, 0.25) is 0 Å². The summed E-state index contributed by atoms with van der Waals surface area (Å²) in [5, 5.41) is 0. The number of nitrogens with zero attached hydrogens (tertiary/aromatic N) is 2. The second kappa shape index (κ2) is 7.85. The van der Waals surface area contributed by atoms with Crippen LogP contribution in [0.4, 0.5) is 18.9 Å². The van der Waals surface area contributed by atoms with Gasteiger partial charge in [0.25, 0.3) is 5.56 Å². The number of primary amides is 1. The van der Waals surface area contributed by atoms with Crippen molar-refractivity contribution in [2.75, 3.05) is 11.4 Å². The van der Waals surface area contributed by atoms with Crippen molar-refractivity contribution in [2.45, 2.75) is 19.1 Å². The molecule has 0 bridgehead atoms. The Balaban J connectivity index is 2.29. The molecule has 138 valence electrons. The number of alkyl halides is 3. The molecular formula is C17H16F3N3O3. The lowest BCUT2D eigenvalue weighted by molar-refractivity contribution is -0.138. The molecule has 2 amide bonds. The summed E-state index contributed by atoms with van der Waals surface area (Å²) in [7, 11) is 0. The molecule has 0 fully saturated rings. The van der Waals surface area contributed by atoms with Crippen molar-refractivity contribution in [3.8, 4) is 0 Å². The lowest BCUT2D eigenvalue weighted by Gasteiger charge is -2.23. The maximum atomic E-state index is 12.8. The van der Waals surface area contributed by atoms with Crippen LogP contribution in [0, 0.1) is 0 Å². The van der Waals surface area contributed by atoms with Crippen LogP contribution in [0.15, 0.2) is 53.5 Å². The summed E-state index contributed by atoms with van der Waals surface area (Å²) in [6, 6.07) is 9.67. The maximum Gasteiger partial charge on any atom is 0.417 e. The van der Waals surface area contributed by atoms with Gasteiger partial charge >= 0.3 is 6.18 Å². The number of carbonyl (C=O) groups excluding carboxylic acids is 2. The number of pyridine rings is 1. The molecule has 2 rings (SSSR count). The van der Waals surface area contributed by atoms with E-state index in [4.69, 9.17) is 5.73 Å². The number of aromatic nitrogens is 1. The molecule has 0 aliphatic rings. The van der Waals surface area contributed by atoms with Crippen molar-refractivity contribution < 1.29 is 22.8 Å². The molecule has 1 aromatic carbocycles. The fourth-order valence-electron chi connectivity index (χ4n) is 2.28. The van der Waals surface area contributed by atoms with Gasteiger partial charge in [-0.1, -0.05) is 18.2 Å². The minimum absolute atomic E-state index is 0.0497. The molecule has 0 atom stereocenters. The summed E-state index contributed by atoms with van der Waals surface area (Å²) in [5.74, 6) is -1.27. The molecule has 1 aromatic heterocycles. The maximum absolute atomic E-state index is 12.8. The van der Waals surface area contributed by atoms with Gasteiger partial charge in [0.1, 0.15) is 6.54 Å². The highest BCUT2D eigenvalue weighted by Gasteiger charge is 2.31. The molecular weight excluding hydrogens is 351 g/mol. The number of anilines is 1. The Morgan fingerprint density at radius 1 is 1.08 bits per heavy atom. The summed E-state index contributed by atoms with van der Waals surface area (Å²) < 4.78 is 39.1. The summed E-state index contributed by atoms with van der Waals surface area (Å²) >= 11 is 0. The highest BCUT2D eigenvalue weighted by Crippen LogP contribution is 2.28. The molecule has 0 radical (unpaired) electrons. The highest BCUT2D eigenvalue weighted by atomic mass is 19.4. The highest BCUT2D eigenvalue weighted by molar-refractivity contribution is 5.93. The number of halogens is 3. The second-order valence-electron chi connectivity index (χ2n) is 5.48. The minimum Gasteiger partial charge on any atom is -0.370 e. The standard InChI is InChI=1S/C17H16F3N3O3/c18-17(19,20)12-6-7-15(25)22(10-12)11-16(26)23(9-8-14(21)24)13-4-2-1-3-5-13/h1-7,10H,8-9,11H2,(H2,21,24). The largest absolute Gasteiger partial charge is 0.417 e. The molecule has 2 aromatic rings. The zero-order chi connectivity index (χ0) is 19.3. The van der Waals surface area contributed by atoms with E-state index in [9.17, 15) is 27.6 Å². The van der Waals surface area contributed by atoms with E-state index >= 15 is 0 Å². The van der Waals surface area contributed by atoms with E-state index in [2.05, 4.69) is 0 Å². The van der Waals surface area contributed by atoms with Gasteiger partial charge in [-0.3, -0.25) is 14.4 Å². The first-order valence-corrected chi connectivity index (χ1v) is 7.60. The van der Waals surface area contributed by atoms with Crippen LogP contribution in [0.25, 0.3) is 0 Å². The summed E-state index contributed by atoms with van der Waals surface area (Å²) in [4.78, 5) is 36.6. The second-order valence-corrected chi connectivity index (χ2v) is 5.48. The lowest BCUT2D eigenvalue weighted by Crippen LogP contribution is -2.38. The van der Waals surface area contributed by atoms with Crippen molar-refractivity contribution in [3.63, 3.8) is 0 Å². The van der Waals surface area contributed by atoms with Crippen molar-refractivity contribution >= 4 is 17.5 Å². The molecule has 9 heteroatoms. The third-order valence-corrected chi connectivity index (χ3v) is 3.57. The molecule has 0 saturated carbocycles. The van der Waals surface area contributed by atoms with E-state index in [1.54, 1.807) is 30.3 Å². The number of benzene rings is 1. The van der Waals surface area contributed by atoms with E-state index in [1.807, 2.05) is 0 Å². The Hall–Kier alpha value is -3.10. The fourth-order valence-corrected chi connectivity index (χ4v) is 2.28. The van der Waals surface area contributed by atoms with Gasteiger partial charge in [0, 0.05) is 30.9 Å². The van der Waals surface area contributed by atoms with Crippen LogP contribution in [-0.4, -0.2) is 22.9 Å². The summed E-state index contributed by atoms with van der Waals surface area (Å²) in [6.45, 7) is -0.650. The first-order chi connectivity index (χ1) is 12.2. The molecule has 26 heavy (non-hydrogen) atoms. The quantitative estimate of drug-likeness (QED) is 0.844. The first kappa shape index (κ1) is 19.2. The molecule has 0 aliphatic carbocycles. The average molecular weight is 367 g/mol. The fraction of sp³-hybridized carbons (Fsp3) is 0.235. The van der Waals surface area contributed by atoms with Crippen LogP contribution in [0.1, 0.15) is 12.0 Å². The Morgan fingerprint density at radius 3 is 2.31 bits per heavy atom. The van der Waals surface area contributed by atoms with Crippen molar-refractivity contribution in [3.05, 3.63) is 64.6 Å². The number of hydrogen-bond acceptors (Lipinski definition) is 3. The number of carbonyl (C=O) groups is 2. The zero-order valence-electron chi connectivity index (χ0n) is 13.6. The van der Waals surface area contributed by atoms with Gasteiger partial charge < -0.3 is 15.2 Å². The van der Waals surface area contributed by atoms with Crippen LogP contribution in [0.5, 0.6) is 0 Å². The van der Waals surface area contributed by atoms with E-state index in [0.29, 0.717) is 22.5 Å². The van der Waals surface area contributed by atoms with Gasteiger partial charge in [0.2, 0.25) is 11.8 Å². The molecule has 6 nitrogen and oxygen atoms in total. The van der Waals surface area contributed by atoms with Crippen molar-refractivity contribution in [1.82, 2.24) is 4.57 Å². The van der Waals surface area contributed by atoms with Crippen LogP contribution in [0.3, 0.4) is 0 Å². The van der Waals surface area contributed by atoms with Gasteiger partial charge in [0.15, 0.2) is 0 Å². The SMILES string of the molecule is NC(=O)CCN(C(=O)Cn1cc(C(F)(F)F)ccc1=O)c1ccccc1. The number of nitrogens with two attached hydrogens (primary N) is 1. The number of rotatable bonds is 6. The van der Waals surface area contributed by atoms with Crippen LogP contribution in [-0.2, 0) is 22.3 Å². The molecule has 2 N–H and O–H groups in total. The van der Waals surface area contributed by atoms with E-state index in [0.717, 1.165) is 6.07 Å². The smallest absolute Gasteiger partial charge is 0.370 e. The van der Waals surface area contributed by atoms with Crippen LogP contribution < -0.4 is 16.2 Å². The van der Waals surface area contributed by atoms with Crippen molar-refractivity contribution in [2.24, 2.45) is 5.73 Å². The number of hydrogen-bond donors (Lipinski definition) is 1. The third kappa shape index (κ3) is 4.95. The van der Waals surface area contributed by atoms with Gasteiger partial charge in [-0.2, -0.15) is 13.2 Å². The van der Waals surface area contributed by atoms with Crippen molar-refractivity contribution in [1.29, 1.82) is 0 Å². The topological polar surface area (TPSA) is 85.4 Å². The Labute approximate surface area is 146 Å². The Bertz CT molecular complexity index is 848. The Morgan fingerprint density at radius 2 is 1.73 bits per heavy atom. The summed E-state index contributed by atoms with van der Waals surface area (Å²) in [5.41, 5.74) is 3.77. The normalized spacial score (nSPS) is 11.2. The third-order valence-electron chi connectivity index (χ3n) is 3.57. The van der Waals surface area contributed by atoms with Crippen LogP contribution >= 0.6 is 0 Å². The van der Waals surface area contributed by atoms with E-state index in [-0.39, 0.29) is 13.0 Å². The van der Waals surface area contributed by atoms with Gasteiger partial charge in [-0.15, -0.1) is 0 Å². The lowest BCUT2D eigenvalue weighted by atomic mass is 10.2. The molecule has 0 spiro atoms. The van der Waals surface area contributed by atoms with Gasteiger partial charge in [-0.25, -0.2) is 0 Å². The minimum atomic E-state index is -4.64. The predicted molar refractivity (Wildman–Crippen MR) is 88.3 cm³/mol. The number of para-hydroxylation sites is 1. The predicted octanol–water partition coefficient (Wildman–Crippen LogP) is 1.78. The molecule has 0 aliphatic heterocycles. The van der Waals surface area contributed by atoms with E-state index in [1.165, 1.54) is 4.90 Å². The monoisotopic (exact) mass is 367 g/mol. The Kier molecular flexibility index (Phi) is 5.81. The molecule has 0 saturated heterocycles.